The van der Waals surface area contributed by atoms with E-state index >= 15 is 0 Å². The van der Waals surface area contributed by atoms with Crippen molar-refractivity contribution >= 4 is 33.2 Å². The average molecular weight is 333 g/mol. The van der Waals surface area contributed by atoms with Crippen molar-refractivity contribution in [2.75, 3.05) is 24.3 Å². The Morgan fingerprint density at radius 1 is 1.05 bits per heavy atom. The number of benzene rings is 2. The second-order valence-electron chi connectivity index (χ2n) is 4.79. The zero-order valence-electron chi connectivity index (χ0n) is 11.6. The van der Waals surface area contributed by atoms with Crippen molar-refractivity contribution in [3.8, 4) is 0 Å². The highest BCUT2D eigenvalue weighted by Gasteiger charge is 2.04. The van der Waals surface area contributed by atoms with Crippen molar-refractivity contribution in [2.24, 2.45) is 0 Å². The first-order chi connectivity index (χ1) is 9.54. The first-order valence-corrected chi connectivity index (χ1v) is 7.15. The normalized spacial score (nSPS) is 10.2. The first kappa shape index (κ1) is 14.6. The van der Waals surface area contributed by atoms with Crippen LogP contribution in [0.15, 0.2) is 53.0 Å². The summed E-state index contributed by atoms with van der Waals surface area (Å²) in [5, 5.41) is 2.90. The summed E-state index contributed by atoms with van der Waals surface area (Å²) in [7, 11) is 3.97. The fourth-order valence-electron chi connectivity index (χ4n) is 1.84. The lowest BCUT2D eigenvalue weighted by molar-refractivity contribution is -0.115. The fourth-order valence-corrected chi connectivity index (χ4v) is 2.10. The molecule has 0 saturated heterocycles. The molecule has 0 saturated carbocycles. The van der Waals surface area contributed by atoms with E-state index in [1.54, 1.807) is 0 Å². The predicted molar refractivity (Wildman–Crippen MR) is 87.2 cm³/mol. The number of hydrogen-bond acceptors (Lipinski definition) is 2. The van der Waals surface area contributed by atoms with Gasteiger partial charge in [-0.3, -0.25) is 4.79 Å². The summed E-state index contributed by atoms with van der Waals surface area (Å²) in [5.74, 6) is -0.00933. The molecule has 1 N–H and O–H groups in total. The maximum absolute atomic E-state index is 12.0. The molecule has 0 radical (unpaired) electrons. The summed E-state index contributed by atoms with van der Waals surface area (Å²) in [6.07, 6.45) is 0.378. The highest BCUT2D eigenvalue weighted by molar-refractivity contribution is 9.10. The molecule has 0 aromatic heterocycles. The lowest BCUT2D eigenvalue weighted by atomic mass is 10.1. The van der Waals surface area contributed by atoms with E-state index in [4.69, 9.17) is 0 Å². The molecule has 4 heteroatoms. The smallest absolute Gasteiger partial charge is 0.228 e. The number of halogens is 1. The molecule has 0 aliphatic rings. The summed E-state index contributed by atoms with van der Waals surface area (Å²) in [5.41, 5.74) is 2.92. The number of anilines is 2. The standard InChI is InChI=1S/C16H17BrN2O/c1-19(2)15-9-7-14(8-10-15)18-16(20)11-12-3-5-13(17)6-4-12/h3-10H,11H2,1-2H3,(H,18,20). The van der Waals surface area contributed by atoms with Crippen LogP contribution in [0.25, 0.3) is 0 Å². The molecule has 0 spiro atoms. The van der Waals surface area contributed by atoms with Crippen molar-refractivity contribution in [3.63, 3.8) is 0 Å². The number of amides is 1. The Morgan fingerprint density at radius 2 is 1.65 bits per heavy atom. The summed E-state index contributed by atoms with van der Waals surface area (Å²) in [6, 6.07) is 15.6. The van der Waals surface area contributed by atoms with Gasteiger partial charge in [-0.1, -0.05) is 28.1 Å². The maximum Gasteiger partial charge on any atom is 0.228 e. The summed E-state index contributed by atoms with van der Waals surface area (Å²) in [6.45, 7) is 0. The highest BCUT2D eigenvalue weighted by atomic mass is 79.9. The molecular weight excluding hydrogens is 316 g/mol. The quantitative estimate of drug-likeness (QED) is 0.925. The van der Waals surface area contributed by atoms with Gasteiger partial charge in [0.05, 0.1) is 6.42 Å². The Balaban J connectivity index is 1.95. The second-order valence-corrected chi connectivity index (χ2v) is 5.71. The van der Waals surface area contributed by atoms with Crippen LogP contribution in [0.2, 0.25) is 0 Å². The van der Waals surface area contributed by atoms with Gasteiger partial charge in [0.15, 0.2) is 0 Å². The molecule has 1 amide bonds. The van der Waals surface area contributed by atoms with Gasteiger partial charge in [-0.2, -0.15) is 0 Å². The zero-order valence-corrected chi connectivity index (χ0v) is 13.1. The molecule has 0 unspecified atom stereocenters. The van der Waals surface area contributed by atoms with Crippen LogP contribution in [-0.4, -0.2) is 20.0 Å². The van der Waals surface area contributed by atoms with Crippen molar-refractivity contribution in [1.82, 2.24) is 0 Å². The number of carbonyl (C=O) groups excluding carboxylic acids is 1. The van der Waals surface area contributed by atoms with Crippen LogP contribution in [0.5, 0.6) is 0 Å². The summed E-state index contributed by atoms with van der Waals surface area (Å²) < 4.78 is 1.01. The molecule has 0 heterocycles. The average Bonchev–Trinajstić information content (AvgIpc) is 2.42. The van der Waals surface area contributed by atoms with Crippen LogP contribution >= 0.6 is 15.9 Å². The van der Waals surface area contributed by atoms with Gasteiger partial charge in [-0.15, -0.1) is 0 Å². The van der Waals surface area contributed by atoms with E-state index < -0.39 is 0 Å². The van der Waals surface area contributed by atoms with Crippen molar-refractivity contribution < 1.29 is 4.79 Å². The van der Waals surface area contributed by atoms with Gasteiger partial charge in [0, 0.05) is 29.9 Å². The molecule has 0 bridgehead atoms. The van der Waals surface area contributed by atoms with Gasteiger partial charge in [-0.25, -0.2) is 0 Å². The first-order valence-electron chi connectivity index (χ1n) is 6.36. The highest BCUT2D eigenvalue weighted by Crippen LogP contribution is 2.16. The van der Waals surface area contributed by atoms with Gasteiger partial charge in [0.1, 0.15) is 0 Å². The van der Waals surface area contributed by atoms with Crippen LogP contribution in [0.3, 0.4) is 0 Å². The van der Waals surface area contributed by atoms with Crippen LogP contribution in [-0.2, 0) is 11.2 Å². The van der Waals surface area contributed by atoms with Gasteiger partial charge in [0.25, 0.3) is 0 Å². The van der Waals surface area contributed by atoms with E-state index in [2.05, 4.69) is 21.2 Å². The topological polar surface area (TPSA) is 32.3 Å². The molecule has 0 aliphatic heterocycles. The Hall–Kier alpha value is -1.81. The van der Waals surface area contributed by atoms with E-state index in [1.165, 1.54) is 0 Å². The van der Waals surface area contributed by atoms with E-state index in [0.29, 0.717) is 6.42 Å². The minimum atomic E-state index is -0.00933. The summed E-state index contributed by atoms with van der Waals surface area (Å²) >= 11 is 3.38. The third-order valence-electron chi connectivity index (χ3n) is 2.95. The van der Waals surface area contributed by atoms with Gasteiger partial charge in [0.2, 0.25) is 5.91 Å². The minimum absolute atomic E-state index is 0.00933. The predicted octanol–water partition coefficient (Wildman–Crippen LogP) is 3.70. The Labute approximate surface area is 127 Å². The number of nitrogens with zero attached hydrogens (tertiary/aromatic N) is 1. The molecular formula is C16H17BrN2O. The molecule has 104 valence electrons. The Bertz CT molecular complexity index is 576. The van der Waals surface area contributed by atoms with Gasteiger partial charge in [-0.05, 0) is 42.0 Å². The molecule has 0 fully saturated rings. The number of hydrogen-bond donors (Lipinski definition) is 1. The molecule has 0 aliphatic carbocycles. The third-order valence-corrected chi connectivity index (χ3v) is 3.47. The lowest BCUT2D eigenvalue weighted by Gasteiger charge is -2.13. The van der Waals surface area contributed by atoms with E-state index in [9.17, 15) is 4.79 Å². The van der Waals surface area contributed by atoms with Crippen LogP contribution in [0.4, 0.5) is 11.4 Å². The van der Waals surface area contributed by atoms with Crippen LogP contribution < -0.4 is 10.2 Å². The van der Waals surface area contributed by atoms with E-state index in [-0.39, 0.29) is 5.91 Å². The molecule has 3 nitrogen and oxygen atoms in total. The zero-order chi connectivity index (χ0) is 14.5. The van der Waals surface area contributed by atoms with Gasteiger partial charge >= 0.3 is 0 Å². The Kier molecular flexibility index (Phi) is 4.79. The lowest BCUT2D eigenvalue weighted by Crippen LogP contribution is -2.14. The SMILES string of the molecule is CN(C)c1ccc(NC(=O)Cc2ccc(Br)cc2)cc1. The van der Waals surface area contributed by atoms with Crippen molar-refractivity contribution in [1.29, 1.82) is 0 Å². The van der Waals surface area contributed by atoms with Crippen molar-refractivity contribution in [3.05, 3.63) is 58.6 Å². The minimum Gasteiger partial charge on any atom is -0.378 e. The largest absolute Gasteiger partial charge is 0.378 e. The molecule has 2 aromatic carbocycles. The van der Waals surface area contributed by atoms with Gasteiger partial charge < -0.3 is 10.2 Å². The molecule has 20 heavy (non-hydrogen) atoms. The third kappa shape index (κ3) is 4.10. The number of nitrogens with one attached hydrogen (secondary N) is 1. The number of carbonyl (C=O) groups is 1. The van der Waals surface area contributed by atoms with Crippen LogP contribution in [0.1, 0.15) is 5.56 Å². The monoisotopic (exact) mass is 332 g/mol. The molecule has 2 rings (SSSR count). The fraction of sp³-hybridized carbons (Fsp3) is 0.188. The van der Waals surface area contributed by atoms with E-state index in [1.807, 2.05) is 67.5 Å². The maximum atomic E-state index is 12.0. The summed E-state index contributed by atoms with van der Waals surface area (Å²) in [4.78, 5) is 14.0. The molecule has 0 atom stereocenters. The van der Waals surface area contributed by atoms with E-state index in [0.717, 1.165) is 21.4 Å². The number of rotatable bonds is 4. The Morgan fingerprint density at radius 3 is 2.20 bits per heavy atom. The van der Waals surface area contributed by atoms with Crippen LogP contribution in [0, 0.1) is 0 Å². The molecule has 2 aromatic rings. The van der Waals surface area contributed by atoms with Crippen molar-refractivity contribution in [2.45, 2.75) is 6.42 Å². The second kappa shape index (κ2) is 6.57.